The fourth-order valence-corrected chi connectivity index (χ4v) is 6.63. The van der Waals surface area contributed by atoms with E-state index in [2.05, 4.69) is 10.4 Å². The van der Waals surface area contributed by atoms with Gasteiger partial charge in [0.05, 0.1) is 35.8 Å². The van der Waals surface area contributed by atoms with E-state index >= 15 is 0 Å². The monoisotopic (exact) mass is 550 g/mol. The second-order valence-corrected chi connectivity index (χ2v) is 12.1. The number of thioether (sulfide) groups is 1. The number of hydrogen-bond donors (Lipinski definition) is 1. The van der Waals surface area contributed by atoms with Crippen molar-refractivity contribution in [3.63, 3.8) is 0 Å². The van der Waals surface area contributed by atoms with E-state index in [1.807, 2.05) is 24.3 Å². The average Bonchev–Trinajstić information content (AvgIpc) is 3.67. The maximum atomic E-state index is 14.1. The molecule has 0 radical (unpaired) electrons. The number of anilines is 1. The molecule has 0 spiro atoms. The lowest BCUT2D eigenvalue weighted by Gasteiger charge is -2.35. The Morgan fingerprint density at radius 2 is 1.79 bits per heavy atom. The first-order valence-corrected chi connectivity index (χ1v) is 14.3. The van der Waals surface area contributed by atoms with E-state index in [1.165, 1.54) is 4.68 Å². The van der Waals surface area contributed by atoms with Crippen LogP contribution in [-0.2, 0) is 19.7 Å². The molecule has 0 bridgehead atoms. The molecule has 0 unspecified atom stereocenters. The van der Waals surface area contributed by atoms with Crippen LogP contribution >= 0.6 is 11.8 Å². The number of methoxy groups -OCH3 is 1. The summed E-state index contributed by atoms with van der Waals surface area (Å²) in [4.78, 5) is 42.1. The lowest BCUT2D eigenvalue weighted by Crippen LogP contribution is -2.51. The molecular formula is C29H34N4O5S. The molecule has 1 saturated heterocycles. The maximum absolute atomic E-state index is 14.1. The summed E-state index contributed by atoms with van der Waals surface area (Å²) in [6, 6.07) is 12.4. The molecule has 3 aromatic rings. The molecule has 206 valence electrons. The number of amides is 2. The molecule has 1 aliphatic heterocycles. The van der Waals surface area contributed by atoms with Crippen LogP contribution < -0.4 is 10.1 Å². The van der Waals surface area contributed by atoms with Crippen molar-refractivity contribution in [2.24, 2.45) is 0 Å². The van der Waals surface area contributed by atoms with Crippen LogP contribution in [0.3, 0.4) is 0 Å². The van der Waals surface area contributed by atoms with Gasteiger partial charge >= 0.3 is 6.09 Å². The summed E-state index contributed by atoms with van der Waals surface area (Å²) in [6.07, 6.45) is 4.41. The van der Waals surface area contributed by atoms with E-state index in [4.69, 9.17) is 9.47 Å². The molecule has 1 N–H and O–H groups in total. The summed E-state index contributed by atoms with van der Waals surface area (Å²) in [5, 5.41) is 7.83. The lowest BCUT2D eigenvalue weighted by atomic mass is 9.77. The molecule has 2 amide bonds. The highest BCUT2D eigenvalue weighted by Crippen LogP contribution is 2.44. The number of carbonyl (C=O) groups excluding carboxylic acids is 3. The molecule has 2 fully saturated rings. The van der Waals surface area contributed by atoms with Crippen LogP contribution in [0, 0.1) is 0 Å². The molecule has 1 aliphatic carbocycles. The van der Waals surface area contributed by atoms with Crippen LogP contribution in [0.15, 0.2) is 48.7 Å². The van der Waals surface area contributed by atoms with Crippen molar-refractivity contribution in [1.82, 2.24) is 14.7 Å². The number of benzene rings is 2. The van der Waals surface area contributed by atoms with Gasteiger partial charge in [0.15, 0.2) is 0 Å². The fourth-order valence-electron chi connectivity index (χ4n) is 5.48. The predicted molar refractivity (Wildman–Crippen MR) is 151 cm³/mol. The molecule has 2 aromatic carbocycles. The van der Waals surface area contributed by atoms with Gasteiger partial charge in [-0.05, 0) is 63.4 Å². The van der Waals surface area contributed by atoms with E-state index in [1.54, 1.807) is 68.9 Å². The minimum absolute atomic E-state index is 0.00581. The Bertz CT molecular complexity index is 1390. The fraction of sp³-hybridized carbons (Fsp3) is 0.448. The molecule has 2 heterocycles. The third-order valence-electron chi connectivity index (χ3n) is 7.39. The van der Waals surface area contributed by atoms with Crippen molar-refractivity contribution < 1.29 is 23.9 Å². The molecule has 9 nitrogen and oxygen atoms in total. The number of carbonyl (C=O) groups is 3. The zero-order valence-corrected chi connectivity index (χ0v) is 23.5. The Kier molecular flexibility index (Phi) is 7.33. The molecule has 39 heavy (non-hydrogen) atoms. The van der Waals surface area contributed by atoms with Crippen LogP contribution in [0.25, 0.3) is 10.9 Å². The van der Waals surface area contributed by atoms with Gasteiger partial charge in [0.2, 0.25) is 11.8 Å². The zero-order valence-electron chi connectivity index (χ0n) is 22.7. The summed E-state index contributed by atoms with van der Waals surface area (Å²) >= 11 is 1.58. The first kappa shape index (κ1) is 27.1. The Labute approximate surface area is 232 Å². The smallest absolute Gasteiger partial charge is 0.435 e. The van der Waals surface area contributed by atoms with Crippen LogP contribution in [0.5, 0.6) is 5.75 Å². The van der Waals surface area contributed by atoms with Gasteiger partial charge in [0.25, 0.3) is 0 Å². The first-order valence-electron chi connectivity index (χ1n) is 13.2. The third-order valence-corrected chi connectivity index (χ3v) is 8.41. The number of fused-ring (bicyclic) bond motifs is 1. The quantitative estimate of drug-likeness (QED) is 0.467. The molecule has 10 heteroatoms. The van der Waals surface area contributed by atoms with Gasteiger partial charge in [-0.1, -0.05) is 31.0 Å². The van der Waals surface area contributed by atoms with Crippen LogP contribution in [0.1, 0.15) is 52.0 Å². The van der Waals surface area contributed by atoms with Gasteiger partial charge < -0.3 is 19.7 Å². The molecule has 2 aliphatic rings. The van der Waals surface area contributed by atoms with Gasteiger partial charge in [0.1, 0.15) is 17.4 Å². The van der Waals surface area contributed by atoms with Crippen LogP contribution in [0.4, 0.5) is 10.5 Å². The maximum Gasteiger partial charge on any atom is 0.435 e. The lowest BCUT2D eigenvalue weighted by molar-refractivity contribution is -0.141. The first-order chi connectivity index (χ1) is 18.6. The highest BCUT2D eigenvalue weighted by Gasteiger charge is 2.48. The Hall–Kier alpha value is -3.53. The van der Waals surface area contributed by atoms with Crippen molar-refractivity contribution in [2.75, 3.05) is 24.1 Å². The van der Waals surface area contributed by atoms with Crippen molar-refractivity contribution in [1.29, 1.82) is 0 Å². The number of nitrogens with zero attached hydrogens (tertiary/aromatic N) is 3. The minimum Gasteiger partial charge on any atom is -0.497 e. The normalized spacial score (nSPS) is 18.8. The number of rotatable bonds is 5. The van der Waals surface area contributed by atoms with E-state index < -0.39 is 23.2 Å². The van der Waals surface area contributed by atoms with E-state index in [9.17, 15) is 14.4 Å². The molecule has 1 atom stereocenters. The number of ether oxygens (including phenoxy) is 2. The number of nitrogens with one attached hydrogen (secondary N) is 1. The summed E-state index contributed by atoms with van der Waals surface area (Å²) in [5.74, 6) is 1.48. The summed E-state index contributed by atoms with van der Waals surface area (Å²) in [5.41, 5.74) is 0.730. The molecule has 5 rings (SSSR count). The Morgan fingerprint density at radius 3 is 2.46 bits per heavy atom. The van der Waals surface area contributed by atoms with Crippen molar-refractivity contribution >= 4 is 46.3 Å². The molecule has 1 aromatic heterocycles. The van der Waals surface area contributed by atoms with Crippen molar-refractivity contribution in [2.45, 2.75) is 63.5 Å². The third kappa shape index (κ3) is 5.22. The van der Waals surface area contributed by atoms with E-state index in [-0.39, 0.29) is 11.8 Å². The highest BCUT2D eigenvalue weighted by molar-refractivity contribution is 7.99. The summed E-state index contributed by atoms with van der Waals surface area (Å²) in [7, 11) is 1.62. The summed E-state index contributed by atoms with van der Waals surface area (Å²) < 4.78 is 12.0. The average molecular weight is 551 g/mol. The van der Waals surface area contributed by atoms with Gasteiger partial charge in [-0.2, -0.15) is 9.78 Å². The zero-order chi connectivity index (χ0) is 27.8. The Morgan fingerprint density at radius 1 is 1.08 bits per heavy atom. The second kappa shape index (κ2) is 10.6. The van der Waals surface area contributed by atoms with Crippen LogP contribution in [0.2, 0.25) is 0 Å². The van der Waals surface area contributed by atoms with Gasteiger partial charge in [-0.25, -0.2) is 4.79 Å². The van der Waals surface area contributed by atoms with E-state index in [0.717, 1.165) is 37.0 Å². The van der Waals surface area contributed by atoms with Crippen LogP contribution in [-0.4, -0.2) is 63.0 Å². The topological polar surface area (TPSA) is 103 Å². The second-order valence-electron chi connectivity index (χ2n) is 11.1. The SMILES string of the molecule is COc1ccc(C2(C(=O)N3CSC[C@@H]3C(=O)Nc3cccc4c3cnn4C(=O)OC(C)(C)C)CCCC2)cc1. The molecular weight excluding hydrogens is 516 g/mol. The summed E-state index contributed by atoms with van der Waals surface area (Å²) in [6.45, 7) is 5.37. The Balaban J connectivity index is 1.38. The van der Waals surface area contributed by atoms with Gasteiger partial charge in [0, 0.05) is 11.1 Å². The standard InChI is InChI=1S/C29H34N4O5S/c1-28(2,3)38-27(36)33-23-9-7-8-22(21(23)16-30-33)31-25(34)24-17-39-18-32(24)26(35)29(14-5-6-15-29)19-10-12-20(37-4)13-11-19/h7-13,16,24H,5-6,14-15,17-18H2,1-4H3,(H,31,34)/t24-/m1/s1. The number of aromatic nitrogens is 2. The van der Waals surface area contributed by atoms with E-state index in [0.29, 0.717) is 28.2 Å². The highest BCUT2D eigenvalue weighted by atomic mass is 32.2. The minimum atomic E-state index is -0.667. The largest absolute Gasteiger partial charge is 0.497 e. The number of hydrogen-bond acceptors (Lipinski definition) is 7. The predicted octanol–water partition coefficient (Wildman–Crippen LogP) is 5.18. The van der Waals surface area contributed by atoms with Crippen molar-refractivity contribution in [3.8, 4) is 5.75 Å². The van der Waals surface area contributed by atoms with Gasteiger partial charge in [-0.15, -0.1) is 11.8 Å². The molecule has 1 saturated carbocycles. The van der Waals surface area contributed by atoms with Gasteiger partial charge in [-0.3, -0.25) is 9.59 Å². The van der Waals surface area contributed by atoms with Crippen molar-refractivity contribution in [3.05, 3.63) is 54.2 Å².